The SMILES string of the molecule is CN[C@@H](Cc1ccc(-c2ccc(N3CCNCC3)cc2)cc1)C(=O)O. The van der Waals surface area contributed by atoms with Crippen molar-refractivity contribution in [3.63, 3.8) is 0 Å². The average Bonchev–Trinajstić information content (AvgIpc) is 2.67. The summed E-state index contributed by atoms with van der Waals surface area (Å²) in [6.45, 7) is 4.16. The third kappa shape index (κ3) is 4.38. The molecule has 0 spiro atoms. The van der Waals surface area contributed by atoms with Crippen LogP contribution in [0.15, 0.2) is 48.5 Å². The molecule has 3 N–H and O–H groups in total. The zero-order valence-electron chi connectivity index (χ0n) is 14.5. The fraction of sp³-hybridized carbons (Fsp3) is 0.350. The summed E-state index contributed by atoms with van der Waals surface area (Å²) >= 11 is 0. The third-order valence-electron chi connectivity index (χ3n) is 4.72. The molecule has 1 fully saturated rings. The molecule has 5 nitrogen and oxygen atoms in total. The lowest BCUT2D eigenvalue weighted by Crippen LogP contribution is -2.43. The van der Waals surface area contributed by atoms with Crippen LogP contribution in [0.4, 0.5) is 5.69 Å². The van der Waals surface area contributed by atoms with Gasteiger partial charge in [0.05, 0.1) is 0 Å². The number of piperazine rings is 1. The predicted molar refractivity (Wildman–Crippen MR) is 101 cm³/mol. The van der Waals surface area contributed by atoms with Gasteiger partial charge in [-0.1, -0.05) is 36.4 Å². The maximum Gasteiger partial charge on any atom is 0.321 e. The van der Waals surface area contributed by atoms with Gasteiger partial charge < -0.3 is 20.6 Å². The van der Waals surface area contributed by atoms with Crippen molar-refractivity contribution < 1.29 is 9.90 Å². The molecular formula is C20H25N3O2. The predicted octanol–water partition coefficient (Wildman–Crippen LogP) is 1.98. The molecule has 2 aromatic rings. The van der Waals surface area contributed by atoms with Crippen LogP contribution in [0.2, 0.25) is 0 Å². The summed E-state index contributed by atoms with van der Waals surface area (Å²) < 4.78 is 0. The molecule has 1 aliphatic rings. The van der Waals surface area contributed by atoms with E-state index in [1.165, 1.54) is 11.3 Å². The summed E-state index contributed by atoms with van der Waals surface area (Å²) in [5, 5.41) is 15.3. The highest BCUT2D eigenvalue weighted by molar-refractivity contribution is 5.74. The number of aliphatic carboxylic acids is 1. The Kier molecular flexibility index (Phi) is 5.68. The number of hydrogen-bond donors (Lipinski definition) is 3. The van der Waals surface area contributed by atoms with Gasteiger partial charge in [-0.3, -0.25) is 4.79 Å². The zero-order valence-corrected chi connectivity index (χ0v) is 14.5. The second-order valence-electron chi connectivity index (χ2n) is 6.36. The Morgan fingerprint density at radius 3 is 2.16 bits per heavy atom. The van der Waals surface area contributed by atoms with Gasteiger partial charge in [0.2, 0.25) is 0 Å². The summed E-state index contributed by atoms with van der Waals surface area (Å²) in [5.74, 6) is -0.824. The minimum absolute atomic E-state index is 0.480. The van der Waals surface area contributed by atoms with Crippen LogP contribution in [0.3, 0.4) is 0 Å². The first-order valence-electron chi connectivity index (χ1n) is 8.72. The molecule has 1 aliphatic heterocycles. The molecule has 0 radical (unpaired) electrons. The van der Waals surface area contributed by atoms with Crippen molar-refractivity contribution in [2.45, 2.75) is 12.5 Å². The van der Waals surface area contributed by atoms with E-state index >= 15 is 0 Å². The van der Waals surface area contributed by atoms with E-state index in [2.05, 4.69) is 51.9 Å². The number of anilines is 1. The van der Waals surface area contributed by atoms with Gasteiger partial charge in [0, 0.05) is 31.9 Å². The van der Waals surface area contributed by atoms with Crippen molar-refractivity contribution >= 4 is 11.7 Å². The maximum atomic E-state index is 11.1. The summed E-state index contributed by atoms with van der Waals surface area (Å²) in [7, 11) is 1.67. The number of hydrogen-bond acceptors (Lipinski definition) is 4. The molecule has 132 valence electrons. The van der Waals surface area contributed by atoms with Crippen LogP contribution in [0.5, 0.6) is 0 Å². The van der Waals surface area contributed by atoms with Crippen LogP contribution in [0.25, 0.3) is 11.1 Å². The number of carbonyl (C=O) groups is 1. The van der Waals surface area contributed by atoms with Crippen molar-refractivity contribution in [2.75, 3.05) is 38.1 Å². The van der Waals surface area contributed by atoms with Gasteiger partial charge in [-0.2, -0.15) is 0 Å². The number of carboxylic acid groups (broad SMARTS) is 1. The lowest BCUT2D eigenvalue weighted by Gasteiger charge is -2.29. The van der Waals surface area contributed by atoms with Crippen LogP contribution in [-0.4, -0.2) is 50.3 Å². The molecule has 0 aromatic heterocycles. The monoisotopic (exact) mass is 339 g/mol. The van der Waals surface area contributed by atoms with Gasteiger partial charge >= 0.3 is 5.97 Å². The van der Waals surface area contributed by atoms with E-state index in [0.29, 0.717) is 6.42 Å². The quantitative estimate of drug-likeness (QED) is 0.751. The molecular weight excluding hydrogens is 314 g/mol. The van der Waals surface area contributed by atoms with Crippen LogP contribution in [-0.2, 0) is 11.2 Å². The molecule has 0 bridgehead atoms. The van der Waals surface area contributed by atoms with E-state index in [9.17, 15) is 4.79 Å². The maximum absolute atomic E-state index is 11.1. The molecule has 0 amide bonds. The van der Waals surface area contributed by atoms with Gasteiger partial charge in [-0.15, -0.1) is 0 Å². The van der Waals surface area contributed by atoms with Gasteiger partial charge in [0.25, 0.3) is 0 Å². The second-order valence-corrected chi connectivity index (χ2v) is 6.36. The van der Waals surface area contributed by atoms with E-state index in [1.807, 2.05) is 12.1 Å². The minimum Gasteiger partial charge on any atom is -0.480 e. The molecule has 1 saturated heterocycles. The summed E-state index contributed by atoms with van der Waals surface area (Å²) in [6.07, 6.45) is 0.480. The molecule has 0 unspecified atom stereocenters. The highest BCUT2D eigenvalue weighted by atomic mass is 16.4. The van der Waals surface area contributed by atoms with E-state index in [0.717, 1.165) is 37.3 Å². The standard InChI is InChI=1S/C20H25N3O2/c1-21-19(20(24)25)14-15-2-4-16(5-3-15)17-6-8-18(9-7-17)23-12-10-22-11-13-23/h2-9,19,21-22H,10-14H2,1H3,(H,24,25)/t19-/m0/s1. The first kappa shape index (κ1) is 17.5. The van der Waals surface area contributed by atoms with Crippen LogP contribution < -0.4 is 15.5 Å². The van der Waals surface area contributed by atoms with Crippen LogP contribution >= 0.6 is 0 Å². The van der Waals surface area contributed by atoms with E-state index in [4.69, 9.17) is 5.11 Å². The van der Waals surface area contributed by atoms with E-state index < -0.39 is 12.0 Å². The zero-order chi connectivity index (χ0) is 17.6. The normalized spacial score (nSPS) is 15.8. The number of carboxylic acids is 1. The van der Waals surface area contributed by atoms with Crippen molar-refractivity contribution in [2.24, 2.45) is 0 Å². The molecule has 2 aromatic carbocycles. The first-order chi connectivity index (χ1) is 12.2. The van der Waals surface area contributed by atoms with Crippen molar-refractivity contribution in [3.05, 3.63) is 54.1 Å². The van der Waals surface area contributed by atoms with Gasteiger partial charge in [-0.05, 0) is 42.3 Å². The highest BCUT2D eigenvalue weighted by Gasteiger charge is 2.15. The molecule has 5 heteroatoms. The van der Waals surface area contributed by atoms with Crippen molar-refractivity contribution in [1.29, 1.82) is 0 Å². The summed E-state index contributed by atoms with van der Waals surface area (Å²) in [6, 6.07) is 16.2. The molecule has 1 atom stereocenters. The van der Waals surface area contributed by atoms with Crippen molar-refractivity contribution in [1.82, 2.24) is 10.6 Å². The fourth-order valence-electron chi connectivity index (χ4n) is 3.17. The second kappa shape index (κ2) is 8.14. The molecule has 25 heavy (non-hydrogen) atoms. The van der Waals surface area contributed by atoms with Crippen LogP contribution in [0.1, 0.15) is 5.56 Å². The Hall–Kier alpha value is -2.37. The summed E-state index contributed by atoms with van der Waals surface area (Å²) in [5.41, 5.74) is 4.60. The first-order valence-corrected chi connectivity index (χ1v) is 8.72. The number of benzene rings is 2. The van der Waals surface area contributed by atoms with Crippen molar-refractivity contribution in [3.8, 4) is 11.1 Å². The lowest BCUT2D eigenvalue weighted by atomic mass is 10.0. The Bertz CT molecular complexity index is 692. The third-order valence-corrected chi connectivity index (χ3v) is 4.72. The van der Waals surface area contributed by atoms with Crippen LogP contribution in [0, 0.1) is 0 Å². The number of rotatable bonds is 6. The molecule has 0 saturated carbocycles. The molecule has 0 aliphatic carbocycles. The fourth-order valence-corrected chi connectivity index (χ4v) is 3.17. The van der Waals surface area contributed by atoms with Gasteiger partial charge in [-0.25, -0.2) is 0 Å². The number of likely N-dealkylation sites (N-methyl/N-ethyl adjacent to an activating group) is 1. The molecule has 3 rings (SSSR count). The van der Waals surface area contributed by atoms with E-state index in [-0.39, 0.29) is 0 Å². The minimum atomic E-state index is -0.824. The Morgan fingerprint density at radius 1 is 1.08 bits per heavy atom. The Balaban J connectivity index is 1.68. The Labute approximate surface area is 148 Å². The Morgan fingerprint density at radius 2 is 1.64 bits per heavy atom. The number of nitrogens with one attached hydrogen (secondary N) is 2. The summed E-state index contributed by atoms with van der Waals surface area (Å²) in [4.78, 5) is 13.5. The smallest absolute Gasteiger partial charge is 0.321 e. The van der Waals surface area contributed by atoms with E-state index in [1.54, 1.807) is 7.05 Å². The largest absolute Gasteiger partial charge is 0.480 e. The number of nitrogens with zero attached hydrogens (tertiary/aromatic N) is 1. The van der Waals surface area contributed by atoms with Gasteiger partial charge in [0.1, 0.15) is 6.04 Å². The average molecular weight is 339 g/mol. The lowest BCUT2D eigenvalue weighted by molar-refractivity contribution is -0.139. The highest BCUT2D eigenvalue weighted by Crippen LogP contribution is 2.24. The van der Waals surface area contributed by atoms with Gasteiger partial charge in [0.15, 0.2) is 0 Å². The molecule has 1 heterocycles. The topological polar surface area (TPSA) is 64.6 Å².